The monoisotopic (exact) mass is 288 g/mol. The maximum Gasteiger partial charge on any atom is 0.256 e. The maximum atomic E-state index is 12.0. The lowest BCUT2D eigenvalue weighted by atomic mass is 10.1. The van der Waals surface area contributed by atoms with Crippen molar-refractivity contribution in [1.29, 1.82) is 0 Å². The van der Waals surface area contributed by atoms with Crippen LogP contribution in [0.5, 0.6) is 5.75 Å². The fraction of sp³-hybridized carbons (Fsp3) is 0.375. The molecule has 112 valence electrons. The third-order valence-corrected chi connectivity index (χ3v) is 2.95. The van der Waals surface area contributed by atoms with Gasteiger partial charge in [0, 0.05) is 11.6 Å². The Labute approximate surface area is 124 Å². The summed E-state index contributed by atoms with van der Waals surface area (Å²) in [6, 6.07) is 8.72. The average molecular weight is 288 g/mol. The fourth-order valence-electron chi connectivity index (χ4n) is 1.73. The first-order valence-electron chi connectivity index (χ1n) is 7.02. The van der Waals surface area contributed by atoms with Crippen LogP contribution < -0.4 is 10.1 Å². The van der Waals surface area contributed by atoms with E-state index in [4.69, 9.17) is 9.26 Å². The standard InChI is InChI=1S/C16H20N2O3/c1-11(2)8-9-20-14-6-4-13(5-7-14)16(19)17-15-10-12(3)21-18-15/h4-7,10-11H,8-9H2,1-3H3,(H,17,18,19). The predicted molar refractivity (Wildman–Crippen MR) is 80.6 cm³/mol. The number of carbonyl (C=O) groups is 1. The van der Waals surface area contributed by atoms with Crippen molar-refractivity contribution in [2.24, 2.45) is 5.92 Å². The summed E-state index contributed by atoms with van der Waals surface area (Å²) in [6.07, 6.45) is 1.01. The lowest BCUT2D eigenvalue weighted by Gasteiger charge is -2.08. The van der Waals surface area contributed by atoms with Gasteiger partial charge in [-0.05, 0) is 43.5 Å². The predicted octanol–water partition coefficient (Wildman–Crippen LogP) is 3.66. The number of aryl methyl sites for hydroxylation is 1. The van der Waals surface area contributed by atoms with Gasteiger partial charge in [0.05, 0.1) is 6.61 Å². The van der Waals surface area contributed by atoms with Gasteiger partial charge in [0.25, 0.3) is 5.91 Å². The molecule has 21 heavy (non-hydrogen) atoms. The summed E-state index contributed by atoms with van der Waals surface area (Å²) in [4.78, 5) is 12.0. The number of nitrogens with zero attached hydrogens (tertiary/aromatic N) is 1. The molecule has 5 heteroatoms. The van der Waals surface area contributed by atoms with Crippen LogP contribution in [0, 0.1) is 12.8 Å². The molecule has 0 aliphatic rings. The second-order valence-electron chi connectivity index (χ2n) is 5.33. The Morgan fingerprint density at radius 1 is 1.33 bits per heavy atom. The molecular weight excluding hydrogens is 268 g/mol. The number of carbonyl (C=O) groups excluding carboxylic acids is 1. The van der Waals surface area contributed by atoms with Crippen LogP contribution in [0.2, 0.25) is 0 Å². The second-order valence-corrected chi connectivity index (χ2v) is 5.33. The number of hydrogen-bond acceptors (Lipinski definition) is 4. The summed E-state index contributed by atoms with van der Waals surface area (Å²) >= 11 is 0. The molecular formula is C16H20N2O3. The minimum atomic E-state index is -0.225. The Kier molecular flexibility index (Phi) is 4.98. The summed E-state index contributed by atoms with van der Waals surface area (Å²) < 4.78 is 10.5. The number of aromatic nitrogens is 1. The average Bonchev–Trinajstić information content (AvgIpc) is 2.84. The van der Waals surface area contributed by atoms with Crippen LogP contribution in [0.3, 0.4) is 0 Å². The first kappa shape index (κ1) is 15.1. The van der Waals surface area contributed by atoms with Crippen LogP contribution >= 0.6 is 0 Å². The van der Waals surface area contributed by atoms with Crippen LogP contribution in [0.4, 0.5) is 5.82 Å². The van der Waals surface area contributed by atoms with Crippen molar-refractivity contribution in [3.8, 4) is 5.75 Å². The van der Waals surface area contributed by atoms with E-state index < -0.39 is 0 Å². The van der Waals surface area contributed by atoms with E-state index >= 15 is 0 Å². The Morgan fingerprint density at radius 2 is 2.05 bits per heavy atom. The highest BCUT2D eigenvalue weighted by atomic mass is 16.5. The lowest BCUT2D eigenvalue weighted by Crippen LogP contribution is -2.12. The maximum absolute atomic E-state index is 12.0. The number of anilines is 1. The summed E-state index contributed by atoms with van der Waals surface area (Å²) in [5.74, 6) is 2.22. The van der Waals surface area contributed by atoms with Gasteiger partial charge in [-0.1, -0.05) is 19.0 Å². The van der Waals surface area contributed by atoms with Crippen molar-refractivity contribution in [3.63, 3.8) is 0 Å². The summed E-state index contributed by atoms with van der Waals surface area (Å²) in [7, 11) is 0. The highest BCUT2D eigenvalue weighted by Gasteiger charge is 2.09. The molecule has 1 heterocycles. The van der Waals surface area contributed by atoms with Gasteiger partial charge < -0.3 is 14.6 Å². The Morgan fingerprint density at radius 3 is 2.62 bits per heavy atom. The molecule has 0 fully saturated rings. The van der Waals surface area contributed by atoms with E-state index in [1.54, 1.807) is 37.3 Å². The second kappa shape index (κ2) is 6.92. The molecule has 2 aromatic rings. The Hall–Kier alpha value is -2.30. The van der Waals surface area contributed by atoms with Crippen molar-refractivity contribution >= 4 is 11.7 Å². The number of amides is 1. The van der Waals surface area contributed by atoms with E-state index in [9.17, 15) is 4.79 Å². The van der Waals surface area contributed by atoms with Crippen LogP contribution in [0.15, 0.2) is 34.9 Å². The van der Waals surface area contributed by atoms with Gasteiger partial charge in [0.15, 0.2) is 5.82 Å². The Balaban J connectivity index is 1.90. The van der Waals surface area contributed by atoms with Gasteiger partial charge in [0.2, 0.25) is 0 Å². The van der Waals surface area contributed by atoms with Gasteiger partial charge in [-0.2, -0.15) is 0 Å². The van der Waals surface area contributed by atoms with E-state index in [1.165, 1.54) is 0 Å². The van der Waals surface area contributed by atoms with E-state index in [-0.39, 0.29) is 5.91 Å². The zero-order chi connectivity index (χ0) is 15.2. The van der Waals surface area contributed by atoms with E-state index in [2.05, 4.69) is 24.3 Å². The molecule has 5 nitrogen and oxygen atoms in total. The minimum absolute atomic E-state index is 0.225. The third-order valence-electron chi connectivity index (χ3n) is 2.95. The van der Waals surface area contributed by atoms with Gasteiger partial charge in [-0.3, -0.25) is 4.79 Å². The SMILES string of the molecule is Cc1cc(NC(=O)c2ccc(OCCC(C)C)cc2)no1. The summed E-state index contributed by atoms with van der Waals surface area (Å²) in [5, 5.41) is 6.40. The minimum Gasteiger partial charge on any atom is -0.494 e. The number of ether oxygens (including phenoxy) is 1. The van der Waals surface area contributed by atoms with Crippen LogP contribution in [0.1, 0.15) is 36.4 Å². The number of benzene rings is 1. The van der Waals surface area contributed by atoms with Gasteiger partial charge in [-0.15, -0.1) is 0 Å². The summed E-state index contributed by atoms with van der Waals surface area (Å²) in [5.41, 5.74) is 0.548. The van der Waals surface area contributed by atoms with Crippen LogP contribution in [0.25, 0.3) is 0 Å². The fourth-order valence-corrected chi connectivity index (χ4v) is 1.73. The number of hydrogen-bond donors (Lipinski definition) is 1. The molecule has 0 aliphatic carbocycles. The highest BCUT2D eigenvalue weighted by molar-refractivity contribution is 6.03. The van der Waals surface area contributed by atoms with Crippen molar-refractivity contribution < 1.29 is 14.1 Å². The van der Waals surface area contributed by atoms with Crippen LogP contribution in [-0.2, 0) is 0 Å². The highest BCUT2D eigenvalue weighted by Crippen LogP contribution is 2.15. The van der Waals surface area contributed by atoms with Crippen molar-refractivity contribution in [1.82, 2.24) is 5.16 Å². The zero-order valence-corrected chi connectivity index (χ0v) is 12.6. The van der Waals surface area contributed by atoms with E-state index in [1.807, 2.05) is 0 Å². The molecule has 0 unspecified atom stereocenters. The normalized spacial score (nSPS) is 10.7. The quantitative estimate of drug-likeness (QED) is 0.881. The molecule has 0 saturated heterocycles. The molecule has 0 spiro atoms. The van der Waals surface area contributed by atoms with Crippen molar-refractivity contribution in [2.45, 2.75) is 27.2 Å². The van der Waals surface area contributed by atoms with Crippen LogP contribution in [-0.4, -0.2) is 17.7 Å². The molecule has 0 radical (unpaired) electrons. The third kappa shape index (κ3) is 4.63. The molecule has 2 rings (SSSR count). The molecule has 1 N–H and O–H groups in total. The smallest absolute Gasteiger partial charge is 0.256 e. The number of nitrogens with one attached hydrogen (secondary N) is 1. The molecule has 1 aromatic carbocycles. The molecule has 0 bridgehead atoms. The molecule has 0 aliphatic heterocycles. The molecule has 0 saturated carbocycles. The van der Waals surface area contributed by atoms with E-state index in [0.717, 1.165) is 12.2 Å². The molecule has 0 atom stereocenters. The lowest BCUT2D eigenvalue weighted by molar-refractivity contribution is 0.102. The first-order chi connectivity index (χ1) is 10.0. The topological polar surface area (TPSA) is 64.4 Å². The Bertz CT molecular complexity index is 588. The first-order valence-corrected chi connectivity index (χ1v) is 7.02. The molecule has 1 amide bonds. The summed E-state index contributed by atoms with van der Waals surface area (Å²) in [6.45, 7) is 6.76. The van der Waals surface area contributed by atoms with Gasteiger partial charge in [0.1, 0.15) is 11.5 Å². The number of rotatable bonds is 6. The van der Waals surface area contributed by atoms with Crippen molar-refractivity contribution in [3.05, 3.63) is 41.7 Å². The van der Waals surface area contributed by atoms with Gasteiger partial charge in [-0.25, -0.2) is 0 Å². The van der Waals surface area contributed by atoms with Gasteiger partial charge >= 0.3 is 0 Å². The molecule has 1 aromatic heterocycles. The van der Waals surface area contributed by atoms with Crippen molar-refractivity contribution in [2.75, 3.05) is 11.9 Å². The van der Waals surface area contributed by atoms with E-state index in [0.29, 0.717) is 29.7 Å². The zero-order valence-electron chi connectivity index (χ0n) is 12.6. The largest absolute Gasteiger partial charge is 0.494 e.